The molecule has 1 aliphatic carbocycles. The van der Waals surface area contributed by atoms with Crippen LogP contribution in [-0.4, -0.2) is 14.8 Å². The number of aromatic nitrogens is 2. The first-order valence-corrected chi connectivity index (χ1v) is 10.3. The normalized spacial score (nSPS) is 13.3. The lowest BCUT2D eigenvalue weighted by Gasteiger charge is -2.18. The molecule has 0 atom stereocenters. The van der Waals surface area contributed by atoms with E-state index in [2.05, 4.69) is 6.07 Å². The van der Waals surface area contributed by atoms with E-state index in [1.54, 1.807) is 33.2 Å². The number of halogens is 1. The topological polar surface area (TPSA) is 67.3 Å². The monoisotopic (exact) mass is 415 g/mol. The van der Waals surface area contributed by atoms with E-state index in [0.717, 1.165) is 35.9 Å². The van der Waals surface area contributed by atoms with Crippen LogP contribution in [-0.2, 0) is 19.4 Å². The molecule has 0 bridgehead atoms. The van der Waals surface area contributed by atoms with Gasteiger partial charge in [0.25, 0.3) is 5.56 Å². The Morgan fingerprint density at radius 2 is 1.67 bits per heavy atom. The van der Waals surface area contributed by atoms with E-state index < -0.39 is 0 Å². The molecule has 0 amide bonds. The van der Waals surface area contributed by atoms with Gasteiger partial charge in [-0.15, -0.1) is 0 Å². The molecule has 0 unspecified atom stereocenters. The van der Waals surface area contributed by atoms with Crippen LogP contribution in [0.15, 0.2) is 53.3 Å². The van der Waals surface area contributed by atoms with Gasteiger partial charge in [-0.1, -0.05) is 23.7 Å². The van der Waals surface area contributed by atoms with Gasteiger partial charge in [-0.3, -0.25) is 14.0 Å². The molecular weight excluding hydrogens is 398 g/mol. The molecule has 4 aromatic rings. The van der Waals surface area contributed by atoms with Crippen molar-refractivity contribution in [1.82, 2.24) is 8.97 Å². The first-order valence-electron chi connectivity index (χ1n) is 9.96. The lowest BCUT2D eigenvalue weighted by molar-refractivity contribution is 0.0974. The molecule has 0 fully saturated rings. The van der Waals surface area contributed by atoms with Gasteiger partial charge in [0, 0.05) is 16.1 Å². The Morgan fingerprint density at radius 1 is 1.00 bits per heavy atom. The summed E-state index contributed by atoms with van der Waals surface area (Å²) < 4.78 is 3.42. The Morgan fingerprint density at radius 3 is 2.37 bits per heavy atom. The number of pyridine rings is 1. The SMILES string of the molecule is N#Cc1c2c(c(=O)n3c4ccccc4n(CC(=O)c4ccc(Cl)cc4)c13)CCCC2. The quantitative estimate of drug-likeness (QED) is 0.461. The number of carbonyl (C=O) groups excluding carboxylic acids is 1. The lowest BCUT2D eigenvalue weighted by atomic mass is 9.90. The van der Waals surface area contributed by atoms with E-state index >= 15 is 0 Å². The van der Waals surface area contributed by atoms with Crippen LogP contribution in [0.3, 0.4) is 0 Å². The zero-order valence-electron chi connectivity index (χ0n) is 16.2. The number of imidazole rings is 1. The van der Waals surface area contributed by atoms with Gasteiger partial charge in [0.05, 0.1) is 23.1 Å². The highest BCUT2D eigenvalue weighted by Crippen LogP contribution is 2.29. The molecule has 5 rings (SSSR count). The molecule has 0 radical (unpaired) electrons. The Kier molecular flexibility index (Phi) is 4.45. The minimum absolute atomic E-state index is 0.0333. The maximum absolute atomic E-state index is 13.4. The van der Waals surface area contributed by atoms with Crippen LogP contribution in [0.1, 0.15) is 39.9 Å². The maximum Gasteiger partial charge on any atom is 0.260 e. The van der Waals surface area contributed by atoms with Crippen LogP contribution in [0.5, 0.6) is 0 Å². The summed E-state index contributed by atoms with van der Waals surface area (Å²) in [6.07, 6.45) is 3.32. The fourth-order valence-corrected chi connectivity index (χ4v) is 4.64. The first-order chi connectivity index (χ1) is 14.6. The fourth-order valence-electron chi connectivity index (χ4n) is 4.52. The van der Waals surface area contributed by atoms with Crippen LogP contribution in [0.2, 0.25) is 5.02 Å². The number of benzene rings is 2. The molecule has 0 spiro atoms. The van der Waals surface area contributed by atoms with Crippen LogP contribution in [0.25, 0.3) is 16.7 Å². The van der Waals surface area contributed by atoms with E-state index in [1.807, 2.05) is 24.3 Å². The predicted octanol–water partition coefficient (Wildman–Crippen LogP) is 4.54. The number of hydrogen-bond donors (Lipinski definition) is 0. The minimum Gasteiger partial charge on any atom is -0.317 e. The molecule has 2 heterocycles. The molecule has 148 valence electrons. The Balaban J connectivity index is 1.82. The average molecular weight is 416 g/mol. The standard InChI is InChI=1S/C24H18ClN3O2/c25-16-11-9-15(10-12-16)22(29)14-27-20-7-3-4-8-21(20)28-23(27)19(13-26)17-5-1-2-6-18(17)24(28)30/h3-4,7-12H,1-2,5-6,14H2. The van der Waals surface area contributed by atoms with Crippen molar-refractivity contribution in [3.8, 4) is 6.07 Å². The Bertz CT molecular complexity index is 1420. The van der Waals surface area contributed by atoms with E-state index in [0.29, 0.717) is 33.7 Å². The maximum atomic E-state index is 13.4. The number of nitrogens with zero attached hydrogens (tertiary/aromatic N) is 3. The molecule has 0 saturated heterocycles. The van der Waals surface area contributed by atoms with Gasteiger partial charge in [0.15, 0.2) is 5.78 Å². The number of rotatable bonds is 3. The van der Waals surface area contributed by atoms with E-state index in [1.165, 1.54) is 0 Å². The number of hydrogen-bond acceptors (Lipinski definition) is 3. The molecule has 0 N–H and O–H groups in total. The van der Waals surface area contributed by atoms with Crippen LogP contribution in [0, 0.1) is 11.3 Å². The number of fused-ring (bicyclic) bond motifs is 4. The predicted molar refractivity (Wildman–Crippen MR) is 116 cm³/mol. The second-order valence-corrected chi connectivity index (χ2v) is 8.06. The summed E-state index contributed by atoms with van der Waals surface area (Å²) in [6.45, 7) is 0.0333. The van der Waals surface area contributed by atoms with Gasteiger partial charge in [-0.05, 0) is 67.6 Å². The van der Waals surface area contributed by atoms with Gasteiger partial charge in [-0.25, -0.2) is 0 Å². The molecule has 2 aromatic heterocycles. The molecule has 30 heavy (non-hydrogen) atoms. The highest BCUT2D eigenvalue weighted by molar-refractivity contribution is 6.30. The summed E-state index contributed by atoms with van der Waals surface area (Å²) in [5, 5.41) is 10.6. The van der Waals surface area contributed by atoms with Gasteiger partial charge >= 0.3 is 0 Å². The molecule has 0 saturated carbocycles. The number of carbonyl (C=O) groups is 1. The third-order valence-corrected chi connectivity index (χ3v) is 6.17. The fraction of sp³-hybridized carbons (Fsp3) is 0.208. The second kappa shape index (κ2) is 7.16. The zero-order valence-corrected chi connectivity index (χ0v) is 16.9. The Labute approximate surface area is 177 Å². The van der Waals surface area contributed by atoms with E-state index in [-0.39, 0.29) is 17.9 Å². The minimum atomic E-state index is -0.107. The van der Waals surface area contributed by atoms with Crippen molar-refractivity contribution < 1.29 is 4.79 Å². The van der Waals surface area contributed by atoms with Crippen molar-refractivity contribution in [3.05, 3.63) is 86.2 Å². The van der Waals surface area contributed by atoms with Crippen LogP contribution in [0.4, 0.5) is 0 Å². The average Bonchev–Trinajstić information content (AvgIpc) is 3.09. The third kappa shape index (κ3) is 2.76. The smallest absolute Gasteiger partial charge is 0.260 e. The van der Waals surface area contributed by atoms with Crippen molar-refractivity contribution in [2.24, 2.45) is 0 Å². The molecule has 5 nitrogen and oxygen atoms in total. The summed E-state index contributed by atoms with van der Waals surface area (Å²) >= 11 is 5.95. The summed E-state index contributed by atoms with van der Waals surface area (Å²) in [5.74, 6) is -0.107. The lowest BCUT2D eigenvalue weighted by Crippen LogP contribution is -2.25. The molecular formula is C24H18ClN3O2. The highest BCUT2D eigenvalue weighted by Gasteiger charge is 2.25. The van der Waals surface area contributed by atoms with Crippen molar-refractivity contribution in [1.29, 1.82) is 5.26 Å². The Hall–Kier alpha value is -3.36. The number of para-hydroxylation sites is 2. The number of nitriles is 1. The summed E-state index contributed by atoms with van der Waals surface area (Å²) in [4.78, 5) is 26.5. The largest absolute Gasteiger partial charge is 0.317 e. The van der Waals surface area contributed by atoms with E-state index in [4.69, 9.17) is 11.6 Å². The zero-order chi connectivity index (χ0) is 20.8. The van der Waals surface area contributed by atoms with Gasteiger partial charge in [0.1, 0.15) is 11.7 Å². The van der Waals surface area contributed by atoms with Crippen molar-refractivity contribution in [2.75, 3.05) is 0 Å². The molecule has 2 aromatic carbocycles. The summed E-state index contributed by atoms with van der Waals surface area (Å²) in [6, 6.07) is 16.6. The van der Waals surface area contributed by atoms with Crippen molar-refractivity contribution in [3.63, 3.8) is 0 Å². The van der Waals surface area contributed by atoms with Gasteiger partial charge in [0.2, 0.25) is 0 Å². The number of Topliss-reactive ketones (excluding diaryl/α,β-unsaturated/α-hetero) is 1. The second-order valence-electron chi connectivity index (χ2n) is 7.62. The third-order valence-electron chi connectivity index (χ3n) is 5.92. The van der Waals surface area contributed by atoms with Crippen molar-refractivity contribution in [2.45, 2.75) is 32.2 Å². The van der Waals surface area contributed by atoms with Crippen molar-refractivity contribution >= 4 is 34.1 Å². The number of ketones is 1. The summed E-state index contributed by atoms with van der Waals surface area (Å²) in [5.41, 5.74) is 4.53. The van der Waals surface area contributed by atoms with Gasteiger partial charge in [-0.2, -0.15) is 5.26 Å². The highest BCUT2D eigenvalue weighted by atomic mass is 35.5. The summed E-state index contributed by atoms with van der Waals surface area (Å²) in [7, 11) is 0. The van der Waals surface area contributed by atoms with Gasteiger partial charge < -0.3 is 4.57 Å². The molecule has 0 aliphatic heterocycles. The van der Waals surface area contributed by atoms with Crippen LogP contribution >= 0.6 is 11.6 Å². The molecule has 6 heteroatoms. The van der Waals surface area contributed by atoms with E-state index in [9.17, 15) is 14.9 Å². The first kappa shape index (κ1) is 18.7. The van der Waals surface area contributed by atoms with Crippen LogP contribution < -0.4 is 5.56 Å². The molecule has 1 aliphatic rings.